The number of guanidine groups is 1. The van der Waals surface area contributed by atoms with Gasteiger partial charge in [-0.2, -0.15) is 0 Å². The molecular weight excluding hydrogens is 363 g/mol. The van der Waals surface area contributed by atoms with Gasteiger partial charge in [0.05, 0.1) is 0 Å². The zero-order valence-corrected chi connectivity index (χ0v) is 16.0. The van der Waals surface area contributed by atoms with E-state index in [4.69, 9.17) is 0 Å². The van der Waals surface area contributed by atoms with Crippen molar-refractivity contribution in [3.8, 4) is 0 Å². The van der Waals surface area contributed by atoms with Gasteiger partial charge in [-0.15, -0.1) is 24.0 Å². The van der Waals surface area contributed by atoms with E-state index >= 15 is 0 Å². The molecular formula is C15H33IN4. The minimum atomic E-state index is 0. The molecule has 0 bridgehead atoms. The van der Waals surface area contributed by atoms with Crippen LogP contribution in [0.15, 0.2) is 4.99 Å². The fraction of sp³-hybridized carbons (Fsp3) is 0.933. The van der Waals surface area contributed by atoms with Crippen LogP contribution >= 0.6 is 24.0 Å². The molecule has 1 heterocycles. The van der Waals surface area contributed by atoms with Crippen molar-refractivity contribution in [1.82, 2.24) is 15.1 Å². The number of nitrogens with zero attached hydrogens (tertiary/aromatic N) is 3. The number of unbranched alkanes of at least 4 members (excludes halogenated alkanes) is 1. The zero-order chi connectivity index (χ0) is 14.1. The molecule has 1 unspecified atom stereocenters. The van der Waals surface area contributed by atoms with Crippen LogP contribution in [0.1, 0.15) is 46.0 Å². The summed E-state index contributed by atoms with van der Waals surface area (Å²) in [5, 5.41) is 3.55. The highest BCUT2D eigenvalue weighted by Gasteiger charge is 2.21. The molecule has 1 rings (SSSR count). The number of hydrogen-bond acceptors (Lipinski definition) is 2. The Morgan fingerprint density at radius 1 is 1.35 bits per heavy atom. The Morgan fingerprint density at radius 2 is 2.10 bits per heavy atom. The van der Waals surface area contributed by atoms with Crippen LogP contribution in [0.3, 0.4) is 0 Å². The Hall–Kier alpha value is -0.0400. The number of nitrogens with one attached hydrogen (secondary N) is 1. The number of piperidine rings is 1. The predicted octanol–water partition coefficient (Wildman–Crippen LogP) is 2.79. The molecule has 1 aliphatic heterocycles. The molecule has 0 aromatic heterocycles. The van der Waals surface area contributed by atoms with E-state index in [2.05, 4.69) is 41.0 Å². The third kappa shape index (κ3) is 6.61. The summed E-state index contributed by atoms with van der Waals surface area (Å²) < 4.78 is 0. The summed E-state index contributed by atoms with van der Waals surface area (Å²) in [7, 11) is 4.01. The summed E-state index contributed by atoms with van der Waals surface area (Å²) in [6.07, 6.45) is 6.49. The SMILES string of the molecule is CCCCN(C)C(=NC)NCC1CCCCN1CC.I. The largest absolute Gasteiger partial charge is 0.355 e. The second-order valence-electron chi connectivity index (χ2n) is 5.48. The molecule has 0 amide bonds. The van der Waals surface area contributed by atoms with Crippen LogP contribution in [0.4, 0.5) is 0 Å². The first kappa shape index (κ1) is 20.0. The van der Waals surface area contributed by atoms with Gasteiger partial charge in [-0.25, -0.2) is 0 Å². The van der Waals surface area contributed by atoms with Crippen LogP contribution in [0, 0.1) is 0 Å². The van der Waals surface area contributed by atoms with Gasteiger partial charge in [-0.3, -0.25) is 9.89 Å². The highest BCUT2D eigenvalue weighted by atomic mass is 127. The van der Waals surface area contributed by atoms with Crippen molar-refractivity contribution in [3.05, 3.63) is 0 Å². The van der Waals surface area contributed by atoms with Gasteiger partial charge in [0, 0.05) is 33.2 Å². The van der Waals surface area contributed by atoms with Crippen LogP contribution in [-0.2, 0) is 0 Å². The highest BCUT2D eigenvalue weighted by Crippen LogP contribution is 2.15. The van der Waals surface area contributed by atoms with Gasteiger partial charge >= 0.3 is 0 Å². The molecule has 0 saturated carbocycles. The van der Waals surface area contributed by atoms with Gasteiger partial charge in [0.15, 0.2) is 5.96 Å². The van der Waals surface area contributed by atoms with Gasteiger partial charge in [-0.1, -0.05) is 26.7 Å². The summed E-state index contributed by atoms with van der Waals surface area (Å²) in [5.41, 5.74) is 0. The highest BCUT2D eigenvalue weighted by molar-refractivity contribution is 14.0. The van der Waals surface area contributed by atoms with Crippen molar-refractivity contribution in [1.29, 1.82) is 0 Å². The minimum absolute atomic E-state index is 0. The minimum Gasteiger partial charge on any atom is -0.355 e. The van der Waals surface area contributed by atoms with E-state index in [1.807, 2.05) is 7.05 Å². The van der Waals surface area contributed by atoms with E-state index in [0.717, 1.165) is 25.6 Å². The summed E-state index contributed by atoms with van der Waals surface area (Å²) in [5.74, 6) is 1.04. The molecule has 1 aliphatic rings. The van der Waals surface area contributed by atoms with E-state index in [-0.39, 0.29) is 24.0 Å². The first-order valence-corrected chi connectivity index (χ1v) is 7.88. The number of hydrogen-bond donors (Lipinski definition) is 1. The van der Waals surface area contributed by atoms with E-state index in [1.54, 1.807) is 0 Å². The summed E-state index contributed by atoms with van der Waals surface area (Å²) in [4.78, 5) is 9.22. The van der Waals surface area contributed by atoms with Crippen LogP contribution in [0.5, 0.6) is 0 Å². The van der Waals surface area contributed by atoms with E-state index in [0.29, 0.717) is 6.04 Å². The molecule has 4 nitrogen and oxygen atoms in total. The molecule has 1 atom stereocenters. The summed E-state index contributed by atoms with van der Waals surface area (Å²) in [6.45, 7) is 9.02. The van der Waals surface area contributed by atoms with E-state index in [1.165, 1.54) is 38.6 Å². The fourth-order valence-electron chi connectivity index (χ4n) is 2.80. The van der Waals surface area contributed by atoms with Gasteiger partial charge < -0.3 is 10.2 Å². The van der Waals surface area contributed by atoms with Crippen molar-refractivity contribution >= 4 is 29.9 Å². The van der Waals surface area contributed by atoms with Gasteiger partial charge in [0.2, 0.25) is 0 Å². The number of rotatable bonds is 6. The zero-order valence-electron chi connectivity index (χ0n) is 13.7. The maximum Gasteiger partial charge on any atom is 0.193 e. The lowest BCUT2D eigenvalue weighted by Crippen LogP contribution is -2.49. The molecule has 20 heavy (non-hydrogen) atoms. The van der Waals surface area contributed by atoms with Crippen LogP contribution in [0.25, 0.3) is 0 Å². The van der Waals surface area contributed by atoms with Gasteiger partial charge in [0.25, 0.3) is 0 Å². The Bertz CT molecular complexity index is 271. The Balaban J connectivity index is 0.00000361. The molecule has 1 N–H and O–H groups in total. The van der Waals surface area contributed by atoms with Crippen molar-refractivity contribution in [3.63, 3.8) is 0 Å². The summed E-state index contributed by atoms with van der Waals surface area (Å²) >= 11 is 0. The molecule has 0 radical (unpaired) electrons. The number of halogens is 1. The molecule has 0 aromatic rings. The number of likely N-dealkylation sites (N-methyl/N-ethyl adjacent to an activating group) is 1. The molecule has 0 aliphatic carbocycles. The van der Waals surface area contributed by atoms with Gasteiger partial charge in [-0.05, 0) is 32.4 Å². The number of likely N-dealkylation sites (tertiary alicyclic amines) is 1. The van der Waals surface area contributed by atoms with Crippen LogP contribution < -0.4 is 5.32 Å². The molecule has 1 saturated heterocycles. The van der Waals surface area contributed by atoms with Crippen molar-refractivity contribution < 1.29 is 0 Å². The quantitative estimate of drug-likeness (QED) is 0.426. The second-order valence-corrected chi connectivity index (χ2v) is 5.48. The van der Waals surface area contributed by atoms with E-state index in [9.17, 15) is 0 Å². The molecule has 0 aromatic carbocycles. The predicted molar refractivity (Wildman–Crippen MR) is 99.2 cm³/mol. The van der Waals surface area contributed by atoms with Crippen molar-refractivity contribution in [2.24, 2.45) is 4.99 Å². The van der Waals surface area contributed by atoms with Crippen molar-refractivity contribution in [2.45, 2.75) is 52.0 Å². The molecule has 1 fully saturated rings. The topological polar surface area (TPSA) is 30.9 Å². The lowest BCUT2D eigenvalue weighted by Gasteiger charge is -2.35. The third-order valence-corrected chi connectivity index (χ3v) is 4.07. The van der Waals surface area contributed by atoms with Crippen molar-refractivity contribution in [2.75, 3.05) is 40.3 Å². The van der Waals surface area contributed by atoms with E-state index < -0.39 is 0 Å². The molecule has 0 spiro atoms. The Kier molecular flexibility index (Phi) is 11.6. The monoisotopic (exact) mass is 396 g/mol. The standard InChI is InChI=1S/C15H32N4.HI/c1-5-7-11-18(4)15(16-3)17-13-14-10-8-9-12-19(14)6-2;/h14H,5-13H2,1-4H3,(H,16,17);1H. The fourth-order valence-corrected chi connectivity index (χ4v) is 2.80. The average Bonchev–Trinajstić information content (AvgIpc) is 2.46. The Morgan fingerprint density at radius 3 is 2.70 bits per heavy atom. The second kappa shape index (κ2) is 11.6. The first-order chi connectivity index (χ1) is 9.22. The Labute approximate surface area is 142 Å². The number of aliphatic imine (C=N–C) groups is 1. The maximum absolute atomic E-state index is 4.39. The summed E-state index contributed by atoms with van der Waals surface area (Å²) in [6, 6.07) is 0.676. The molecule has 5 heteroatoms. The third-order valence-electron chi connectivity index (χ3n) is 4.07. The maximum atomic E-state index is 4.39. The van der Waals surface area contributed by atoms with Crippen LogP contribution in [-0.4, -0.2) is 62.1 Å². The lowest BCUT2D eigenvalue weighted by atomic mass is 10.0. The lowest BCUT2D eigenvalue weighted by molar-refractivity contribution is 0.157. The van der Waals surface area contributed by atoms with Gasteiger partial charge in [0.1, 0.15) is 0 Å². The average molecular weight is 396 g/mol. The normalized spacial score (nSPS) is 20.4. The molecule has 120 valence electrons. The smallest absolute Gasteiger partial charge is 0.193 e. The van der Waals surface area contributed by atoms with Crippen LogP contribution in [0.2, 0.25) is 0 Å². The first-order valence-electron chi connectivity index (χ1n) is 7.88.